The zero-order valence-electron chi connectivity index (χ0n) is 6.34. The van der Waals surface area contributed by atoms with E-state index in [0.29, 0.717) is 6.04 Å². The van der Waals surface area contributed by atoms with Gasteiger partial charge in [-0.05, 0) is 12.8 Å². The van der Waals surface area contributed by atoms with Gasteiger partial charge in [-0.15, -0.1) is 0 Å². The van der Waals surface area contributed by atoms with Crippen LogP contribution in [-0.4, -0.2) is 31.2 Å². The van der Waals surface area contributed by atoms with Crippen LogP contribution in [0.4, 0.5) is 0 Å². The van der Waals surface area contributed by atoms with Crippen molar-refractivity contribution in [1.29, 1.82) is 0 Å². The van der Waals surface area contributed by atoms with Crippen molar-refractivity contribution >= 4 is 0 Å². The van der Waals surface area contributed by atoms with E-state index in [9.17, 15) is 0 Å². The minimum atomic E-state index is 0.468. The van der Waals surface area contributed by atoms with E-state index in [1.807, 2.05) is 4.90 Å². The van der Waals surface area contributed by atoms with Crippen LogP contribution in [0, 0.1) is 12.5 Å². The molecule has 0 saturated carbocycles. The van der Waals surface area contributed by atoms with Crippen LogP contribution in [0.15, 0.2) is 0 Å². The highest BCUT2D eigenvalue weighted by Crippen LogP contribution is 2.15. The second-order valence-corrected chi connectivity index (χ2v) is 2.57. The van der Waals surface area contributed by atoms with E-state index in [2.05, 4.69) is 6.04 Å². The number of terminal acetylenes is 1. The first kappa shape index (κ1) is 7.43. The topological polar surface area (TPSA) is 12.5 Å². The lowest BCUT2D eigenvalue weighted by molar-refractivity contribution is 0.142. The first-order valence-corrected chi connectivity index (χ1v) is 3.60. The van der Waals surface area contributed by atoms with E-state index in [0.717, 1.165) is 13.2 Å². The largest absolute Gasteiger partial charge is 0.383 e. The van der Waals surface area contributed by atoms with Gasteiger partial charge in [0.2, 0.25) is 0 Å². The summed E-state index contributed by atoms with van der Waals surface area (Å²) < 4.78 is 5.02. The molecule has 0 spiro atoms. The summed E-state index contributed by atoms with van der Waals surface area (Å²) in [7, 11) is 1.72. The van der Waals surface area contributed by atoms with Crippen LogP contribution < -0.4 is 0 Å². The number of likely N-dealkylation sites (tertiary alicyclic amines) is 1. The van der Waals surface area contributed by atoms with Gasteiger partial charge in [-0.3, -0.25) is 0 Å². The third-order valence-electron chi connectivity index (χ3n) is 1.90. The van der Waals surface area contributed by atoms with Crippen LogP contribution in [0.2, 0.25) is 0 Å². The summed E-state index contributed by atoms with van der Waals surface area (Å²) in [6.07, 6.45) is 7.66. The molecule has 1 unspecified atom stereocenters. The van der Waals surface area contributed by atoms with Gasteiger partial charge in [0.1, 0.15) is 0 Å². The molecule has 2 nitrogen and oxygen atoms in total. The highest BCUT2D eigenvalue weighted by Gasteiger charge is 2.21. The van der Waals surface area contributed by atoms with Gasteiger partial charge in [0.05, 0.1) is 12.6 Å². The Bertz CT molecular complexity index is 139. The Kier molecular flexibility index (Phi) is 2.58. The zero-order valence-corrected chi connectivity index (χ0v) is 6.34. The SMILES string of the molecule is C#CN1CCCC1COC. The van der Waals surface area contributed by atoms with Crippen LogP contribution in [0.25, 0.3) is 0 Å². The minimum absolute atomic E-state index is 0.468. The molecular weight excluding hydrogens is 126 g/mol. The van der Waals surface area contributed by atoms with Crippen LogP contribution in [-0.2, 0) is 4.74 Å². The third-order valence-corrected chi connectivity index (χ3v) is 1.90. The average molecular weight is 139 g/mol. The van der Waals surface area contributed by atoms with Crippen molar-refractivity contribution < 1.29 is 4.74 Å². The molecule has 10 heavy (non-hydrogen) atoms. The molecular formula is C8H13NO. The Labute approximate surface area is 62.2 Å². The molecule has 0 aliphatic carbocycles. The Balaban J connectivity index is 2.36. The smallest absolute Gasteiger partial charge is 0.0673 e. The van der Waals surface area contributed by atoms with E-state index >= 15 is 0 Å². The Morgan fingerprint density at radius 2 is 2.60 bits per heavy atom. The molecule has 56 valence electrons. The average Bonchev–Trinajstić information content (AvgIpc) is 2.36. The molecule has 1 heterocycles. The molecule has 2 heteroatoms. The maximum absolute atomic E-state index is 5.27. The number of nitrogens with zero attached hydrogens (tertiary/aromatic N) is 1. The van der Waals surface area contributed by atoms with E-state index in [1.54, 1.807) is 7.11 Å². The van der Waals surface area contributed by atoms with E-state index < -0.39 is 0 Å². The first-order valence-electron chi connectivity index (χ1n) is 3.60. The van der Waals surface area contributed by atoms with Gasteiger partial charge in [0.25, 0.3) is 0 Å². The summed E-state index contributed by atoms with van der Waals surface area (Å²) >= 11 is 0. The van der Waals surface area contributed by atoms with E-state index in [4.69, 9.17) is 11.2 Å². The van der Waals surface area contributed by atoms with Gasteiger partial charge in [0.15, 0.2) is 0 Å². The normalized spacial score (nSPS) is 24.8. The van der Waals surface area contributed by atoms with Crippen molar-refractivity contribution in [2.75, 3.05) is 20.3 Å². The molecule has 1 rings (SSSR count). The molecule has 0 aromatic carbocycles. The van der Waals surface area contributed by atoms with Crippen molar-refractivity contribution in [2.45, 2.75) is 18.9 Å². The van der Waals surface area contributed by atoms with Crippen LogP contribution in [0.1, 0.15) is 12.8 Å². The predicted octanol–water partition coefficient (Wildman–Crippen LogP) is 0.688. The molecule has 0 bridgehead atoms. The molecule has 0 amide bonds. The van der Waals surface area contributed by atoms with E-state index in [1.165, 1.54) is 12.8 Å². The summed E-state index contributed by atoms with van der Waals surface area (Å²) in [6.45, 7) is 1.80. The van der Waals surface area contributed by atoms with E-state index in [-0.39, 0.29) is 0 Å². The van der Waals surface area contributed by atoms with Crippen molar-refractivity contribution in [1.82, 2.24) is 4.90 Å². The number of methoxy groups -OCH3 is 1. The zero-order chi connectivity index (χ0) is 7.40. The highest BCUT2D eigenvalue weighted by atomic mass is 16.5. The van der Waals surface area contributed by atoms with Crippen molar-refractivity contribution in [3.05, 3.63) is 0 Å². The Morgan fingerprint density at radius 1 is 1.80 bits per heavy atom. The second-order valence-electron chi connectivity index (χ2n) is 2.57. The molecule has 0 aromatic rings. The number of hydrogen-bond acceptors (Lipinski definition) is 2. The van der Waals surface area contributed by atoms with Crippen molar-refractivity contribution in [3.63, 3.8) is 0 Å². The maximum Gasteiger partial charge on any atom is 0.0673 e. The summed E-state index contributed by atoms with van der Waals surface area (Å²) in [4.78, 5) is 2.02. The molecule has 0 N–H and O–H groups in total. The monoisotopic (exact) mass is 139 g/mol. The Hall–Kier alpha value is -0.680. The minimum Gasteiger partial charge on any atom is -0.383 e. The first-order chi connectivity index (χ1) is 4.88. The van der Waals surface area contributed by atoms with Gasteiger partial charge in [-0.2, -0.15) is 0 Å². The standard InChI is InChI=1S/C8H13NO/c1-3-9-6-4-5-8(9)7-10-2/h1,8H,4-7H2,2H3. The molecule has 1 aliphatic heterocycles. The summed E-state index contributed by atoms with van der Waals surface area (Å²) in [5, 5.41) is 0. The molecule has 1 saturated heterocycles. The van der Waals surface area contributed by atoms with Gasteiger partial charge in [0, 0.05) is 19.7 Å². The second kappa shape index (κ2) is 3.48. The van der Waals surface area contributed by atoms with Crippen molar-refractivity contribution in [2.24, 2.45) is 0 Å². The molecule has 1 aliphatic rings. The number of hydrogen-bond donors (Lipinski definition) is 0. The fourth-order valence-corrected chi connectivity index (χ4v) is 1.37. The summed E-state index contributed by atoms with van der Waals surface area (Å²) in [6, 6.07) is 3.12. The lowest BCUT2D eigenvalue weighted by Crippen LogP contribution is -2.28. The quantitative estimate of drug-likeness (QED) is 0.522. The highest BCUT2D eigenvalue weighted by molar-refractivity contribution is 4.93. The fraction of sp³-hybridized carbons (Fsp3) is 0.750. The Morgan fingerprint density at radius 3 is 3.20 bits per heavy atom. The lowest BCUT2D eigenvalue weighted by atomic mass is 10.2. The van der Waals surface area contributed by atoms with Gasteiger partial charge >= 0.3 is 0 Å². The molecule has 0 radical (unpaired) electrons. The van der Waals surface area contributed by atoms with Gasteiger partial charge < -0.3 is 9.64 Å². The van der Waals surface area contributed by atoms with Crippen molar-refractivity contribution in [3.8, 4) is 12.5 Å². The maximum atomic E-state index is 5.27. The predicted molar refractivity (Wildman–Crippen MR) is 40.4 cm³/mol. The van der Waals surface area contributed by atoms with Gasteiger partial charge in [-0.25, -0.2) is 0 Å². The van der Waals surface area contributed by atoms with Crippen LogP contribution in [0.3, 0.4) is 0 Å². The summed E-state index contributed by atoms with van der Waals surface area (Å²) in [5.41, 5.74) is 0. The molecule has 1 atom stereocenters. The van der Waals surface area contributed by atoms with Crippen LogP contribution in [0.5, 0.6) is 0 Å². The summed E-state index contributed by atoms with van der Waals surface area (Å²) in [5.74, 6) is 0. The number of rotatable bonds is 2. The molecule has 0 aromatic heterocycles. The van der Waals surface area contributed by atoms with Gasteiger partial charge in [-0.1, -0.05) is 6.42 Å². The van der Waals surface area contributed by atoms with Crippen LogP contribution >= 0.6 is 0 Å². The molecule has 1 fully saturated rings. The fourth-order valence-electron chi connectivity index (χ4n) is 1.37. The number of ether oxygens (including phenoxy) is 1. The lowest BCUT2D eigenvalue weighted by Gasteiger charge is -2.18. The third kappa shape index (κ3) is 1.43.